The highest BCUT2D eigenvalue weighted by Gasteiger charge is 2.35. The number of hydrogen-bond donors (Lipinski definition) is 0. The summed E-state index contributed by atoms with van der Waals surface area (Å²) in [6.45, 7) is 2.10. The molecule has 0 saturated heterocycles. The van der Waals surface area contributed by atoms with E-state index in [4.69, 9.17) is 8.85 Å². The molecule has 1 rings (SSSR count). The Morgan fingerprint density at radius 2 is 1.93 bits per heavy atom. The molecule has 14 heavy (non-hydrogen) atoms. The van der Waals surface area contributed by atoms with E-state index in [-0.39, 0.29) is 0 Å². The summed E-state index contributed by atoms with van der Waals surface area (Å²) in [6, 6.07) is 9.06. The van der Waals surface area contributed by atoms with E-state index < -0.39 is 8.56 Å². The van der Waals surface area contributed by atoms with Crippen LogP contribution in [-0.2, 0) is 8.85 Å². The normalized spacial score (nSPS) is 11.7. The maximum absolute atomic E-state index is 5.57. The molecule has 78 valence electrons. The van der Waals surface area contributed by atoms with Crippen molar-refractivity contribution in [2.45, 2.75) is 13.0 Å². The third kappa shape index (κ3) is 2.25. The fourth-order valence-electron chi connectivity index (χ4n) is 1.54. The van der Waals surface area contributed by atoms with Crippen LogP contribution in [0, 0.1) is 0 Å². The minimum atomic E-state index is -2.15. The Hall–Kier alpha value is -0.163. The number of benzene rings is 1. The molecule has 0 aliphatic carbocycles. The summed E-state index contributed by atoms with van der Waals surface area (Å²) in [5.74, 6) is 0. The molecule has 0 amide bonds. The molecular weight excluding hydrogens is 260 g/mol. The first-order chi connectivity index (χ1) is 6.68. The van der Waals surface area contributed by atoms with Crippen LogP contribution in [0.4, 0.5) is 0 Å². The zero-order valence-corrected chi connectivity index (χ0v) is 11.3. The number of hydrogen-bond acceptors (Lipinski definition) is 2. The lowest BCUT2D eigenvalue weighted by atomic mass is 10.4. The van der Waals surface area contributed by atoms with Crippen molar-refractivity contribution in [3.63, 3.8) is 0 Å². The third-order valence-corrected chi connectivity index (χ3v) is 6.32. The van der Waals surface area contributed by atoms with Gasteiger partial charge in [0.1, 0.15) is 0 Å². The van der Waals surface area contributed by atoms with E-state index in [2.05, 4.69) is 35.0 Å². The van der Waals surface area contributed by atoms with Crippen LogP contribution in [0.5, 0.6) is 0 Å². The van der Waals surface area contributed by atoms with E-state index in [1.54, 1.807) is 14.2 Å². The molecule has 0 N–H and O–H groups in total. The highest BCUT2D eigenvalue weighted by Crippen LogP contribution is 2.14. The summed E-state index contributed by atoms with van der Waals surface area (Å²) in [5.41, 5.74) is 0. The van der Waals surface area contributed by atoms with Gasteiger partial charge in [-0.2, -0.15) is 0 Å². The van der Waals surface area contributed by atoms with Crippen molar-refractivity contribution in [3.05, 3.63) is 28.7 Å². The molecule has 0 atom stereocenters. The lowest BCUT2D eigenvalue weighted by Crippen LogP contribution is -2.51. The van der Waals surface area contributed by atoms with Gasteiger partial charge in [-0.1, -0.05) is 35.0 Å². The molecule has 0 aliphatic heterocycles. The molecule has 0 unspecified atom stereocenters. The van der Waals surface area contributed by atoms with E-state index in [1.165, 1.54) is 5.19 Å². The van der Waals surface area contributed by atoms with E-state index in [1.807, 2.05) is 12.1 Å². The van der Waals surface area contributed by atoms with Gasteiger partial charge >= 0.3 is 8.56 Å². The number of halogens is 1. The second-order valence-electron chi connectivity index (χ2n) is 3.03. The standard InChI is InChI=1S/C10H15BrO2Si/c1-4-14(12-2,13-3)10-7-5-6-9(11)8-10/h5-8H,4H2,1-3H3. The van der Waals surface area contributed by atoms with Gasteiger partial charge in [0.15, 0.2) is 0 Å². The smallest absolute Gasteiger partial charge is 0.371 e. The quantitative estimate of drug-likeness (QED) is 0.786. The minimum Gasteiger partial charge on any atom is -0.394 e. The zero-order chi connectivity index (χ0) is 10.6. The highest BCUT2D eigenvalue weighted by atomic mass is 79.9. The van der Waals surface area contributed by atoms with Crippen molar-refractivity contribution in [2.24, 2.45) is 0 Å². The van der Waals surface area contributed by atoms with Crippen LogP contribution in [0.15, 0.2) is 28.7 Å². The molecule has 0 heterocycles. The summed E-state index contributed by atoms with van der Waals surface area (Å²) < 4.78 is 12.2. The van der Waals surface area contributed by atoms with Crippen molar-refractivity contribution in [1.29, 1.82) is 0 Å². The van der Waals surface area contributed by atoms with Gasteiger partial charge in [-0.15, -0.1) is 0 Å². The summed E-state index contributed by atoms with van der Waals surface area (Å²) in [7, 11) is 1.29. The molecule has 0 fully saturated rings. The monoisotopic (exact) mass is 274 g/mol. The van der Waals surface area contributed by atoms with E-state index >= 15 is 0 Å². The zero-order valence-electron chi connectivity index (χ0n) is 8.71. The maximum atomic E-state index is 5.57. The van der Waals surface area contributed by atoms with Gasteiger partial charge in [-0.3, -0.25) is 0 Å². The van der Waals surface area contributed by atoms with Crippen molar-refractivity contribution in [2.75, 3.05) is 14.2 Å². The fourth-order valence-corrected chi connectivity index (χ4v) is 4.50. The molecule has 0 saturated carbocycles. The predicted octanol–water partition coefficient (Wildman–Crippen LogP) is 2.41. The number of rotatable bonds is 4. The fraction of sp³-hybridized carbons (Fsp3) is 0.400. The molecule has 0 aliphatic rings. The van der Waals surface area contributed by atoms with Gasteiger partial charge in [0.05, 0.1) is 0 Å². The SMILES string of the molecule is CC[Si](OC)(OC)c1cccc(Br)c1. The Labute approximate surface area is 94.6 Å². The van der Waals surface area contributed by atoms with Gasteiger partial charge in [-0.05, 0) is 23.4 Å². The van der Waals surface area contributed by atoms with E-state index in [0.717, 1.165) is 10.5 Å². The average Bonchev–Trinajstić information content (AvgIpc) is 2.22. The molecule has 0 bridgehead atoms. The van der Waals surface area contributed by atoms with Gasteiger partial charge < -0.3 is 8.85 Å². The topological polar surface area (TPSA) is 18.5 Å². The van der Waals surface area contributed by atoms with Crippen molar-refractivity contribution < 1.29 is 8.85 Å². The van der Waals surface area contributed by atoms with Crippen molar-refractivity contribution in [1.82, 2.24) is 0 Å². The molecule has 4 heteroatoms. The Morgan fingerprint density at radius 3 is 2.36 bits per heavy atom. The van der Waals surface area contributed by atoms with Gasteiger partial charge in [0.2, 0.25) is 0 Å². The molecule has 0 aromatic heterocycles. The molecular formula is C10H15BrO2Si. The van der Waals surface area contributed by atoms with Gasteiger partial charge in [0, 0.05) is 18.7 Å². The average molecular weight is 275 g/mol. The first-order valence-electron chi connectivity index (χ1n) is 4.55. The summed E-state index contributed by atoms with van der Waals surface area (Å²) in [5, 5.41) is 1.17. The highest BCUT2D eigenvalue weighted by molar-refractivity contribution is 9.10. The van der Waals surface area contributed by atoms with Crippen LogP contribution in [0.3, 0.4) is 0 Å². The summed E-state index contributed by atoms with van der Waals surface area (Å²) in [4.78, 5) is 0. The Kier molecular flexibility index (Phi) is 4.31. The van der Waals surface area contributed by atoms with Crippen LogP contribution in [0.2, 0.25) is 6.04 Å². The largest absolute Gasteiger partial charge is 0.394 e. The van der Waals surface area contributed by atoms with Gasteiger partial charge in [-0.25, -0.2) is 0 Å². The first-order valence-corrected chi connectivity index (χ1v) is 7.36. The molecule has 2 nitrogen and oxygen atoms in total. The van der Waals surface area contributed by atoms with Gasteiger partial charge in [0.25, 0.3) is 0 Å². The third-order valence-electron chi connectivity index (χ3n) is 2.39. The Morgan fingerprint density at radius 1 is 1.29 bits per heavy atom. The van der Waals surface area contributed by atoms with Crippen LogP contribution < -0.4 is 5.19 Å². The van der Waals surface area contributed by atoms with Crippen molar-refractivity contribution in [3.8, 4) is 0 Å². The van der Waals surface area contributed by atoms with Crippen molar-refractivity contribution >= 4 is 29.7 Å². The lowest BCUT2D eigenvalue weighted by Gasteiger charge is -2.26. The van der Waals surface area contributed by atoms with Crippen LogP contribution in [-0.4, -0.2) is 22.8 Å². The molecule has 0 radical (unpaired) electrons. The van der Waals surface area contributed by atoms with Crippen LogP contribution in [0.1, 0.15) is 6.92 Å². The summed E-state index contributed by atoms with van der Waals surface area (Å²) in [6.07, 6.45) is 0. The molecule has 1 aromatic carbocycles. The predicted molar refractivity (Wildman–Crippen MR) is 64.0 cm³/mol. The van der Waals surface area contributed by atoms with E-state index in [9.17, 15) is 0 Å². The Balaban J connectivity index is 3.10. The minimum absolute atomic E-state index is 0.913. The van der Waals surface area contributed by atoms with Crippen LogP contribution in [0.25, 0.3) is 0 Å². The van der Waals surface area contributed by atoms with E-state index in [0.29, 0.717) is 0 Å². The summed E-state index contributed by atoms with van der Waals surface area (Å²) >= 11 is 3.45. The maximum Gasteiger partial charge on any atom is 0.371 e. The lowest BCUT2D eigenvalue weighted by molar-refractivity contribution is 0.259. The second-order valence-corrected chi connectivity index (χ2v) is 7.55. The van der Waals surface area contributed by atoms with Crippen LogP contribution >= 0.6 is 15.9 Å². The molecule has 1 aromatic rings. The Bertz CT molecular complexity index is 292. The molecule has 0 spiro atoms. The first kappa shape index (κ1) is 11.9. The second kappa shape index (κ2) is 5.07.